The van der Waals surface area contributed by atoms with Crippen molar-refractivity contribution in [2.45, 2.75) is 13.8 Å². The monoisotopic (exact) mass is 477 g/mol. The zero-order valence-corrected chi connectivity index (χ0v) is 20.7. The minimum atomic E-state index is -0.259. The molecule has 3 aliphatic heterocycles. The van der Waals surface area contributed by atoms with E-state index in [1.807, 2.05) is 19.2 Å². The second-order valence-electron chi connectivity index (χ2n) is 10.4. The van der Waals surface area contributed by atoms with E-state index in [4.69, 9.17) is 10.2 Å². The highest BCUT2D eigenvalue weighted by Crippen LogP contribution is 2.43. The largest absolute Gasteiger partial charge is 0.395 e. The molecule has 8 heteroatoms. The molecule has 4 aliphatic rings. The van der Waals surface area contributed by atoms with E-state index in [9.17, 15) is 9.18 Å². The van der Waals surface area contributed by atoms with E-state index < -0.39 is 0 Å². The summed E-state index contributed by atoms with van der Waals surface area (Å²) in [6, 6.07) is 3.16. The third-order valence-electron chi connectivity index (χ3n) is 7.16. The highest BCUT2D eigenvalue weighted by Gasteiger charge is 2.37. The lowest BCUT2D eigenvalue weighted by Crippen LogP contribution is -2.46. The van der Waals surface area contributed by atoms with Gasteiger partial charge < -0.3 is 14.9 Å². The van der Waals surface area contributed by atoms with Gasteiger partial charge in [0, 0.05) is 68.6 Å². The predicted octanol–water partition coefficient (Wildman–Crippen LogP) is 2.42. The Morgan fingerprint density at radius 3 is 2.86 bits per heavy atom. The number of nitrogens with one attached hydrogen (secondary N) is 1. The summed E-state index contributed by atoms with van der Waals surface area (Å²) in [6.07, 6.45) is 8.11. The number of hydrogen-bond acceptors (Lipinski definition) is 6. The smallest absolute Gasteiger partial charge is 0.236 e. The Bertz CT molecular complexity index is 1240. The minimum absolute atomic E-state index is 0.000554. The summed E-state index contributed by atoms with van der Waals surface area (Å²) < 4.78 is 14.6. The lowest BCUT2D eigenvalue weighted by atomic mass is 9.75. The number of carbonyl (C=O) groups excluding carboxylic acids is 1. The summed E-state index contributed by atoms with van der Waals surface area (Å²) in [5, 5.41) is 13.8. The number of amides is 1. The van der Waals surface area contributed by atoms with E-state index >= 15 is 0 Å². The molecule has 0 saturated carbocycles. The molecule has 0 radical (unpaired) electrons. The first-order valence-electron chi connectivity index (χ1n) is 12.0. The highest BCUT2D eigenvalue weighted by molar-refractivity contribution is 6.20. The average Bonchev–Trinajstić information content (AvgIpc) is 3.12. The molecule has 2 N–H and O–H groups in total. The van der Waals surface area contributed by atoms with Crippen molar-refractivity contribution in [3.63, 3.8) is 0 Å². The number of nitrogens with zero attached hydrogens (tertiary/aromatic N) is 4. The number of rotatable bonds is 5. The Morgan fingerprint density at radius 2 is 2.11 bits per heavy atom. The highest BCUT2D eigenvalue weighted by atomic mass is 19.1. The maximum absolute atomic E-state index is 14.6. The fraction of sp³-hybridized carbons (Fsp3) is 0.407. The van der Waals surface area contributed by atoms with E-state index in [1.54, 1.807) is 24.1 Å². The molecule has 0 aromatic heterocycles. The van der Waals surface area contributed by atoms with Crippen molar-refractivity contribution in [3.05, 3.63) is 69.8 Å². The van der Waals surface area contributed by atoms with Gasteiger partial charge in [0.25, 0.3) is 0 Å². The second-order valence-corrected chi connectivity index (χ2v) is 10.4. The molecule has 7 nitrogen and oxygen atoms in total. The molecular weight excluding hydrogens is 445 g/mol. The van der Waals surface area contributed by atoms with Gasteiger partial charge >= 0.3 is 0 Å². The van der Waals surface area contributed by atoms with Gasteiger partial charge in [-0.15, -0.1) is 0 Å². The molecule has 0 spiro atoms. The molecule has 0 fully saturated rings. The van der Waals surface area contributed by atoms with Gasteiger partial charge in [-0.25, -0.2) is 4.39 Å². The van der Waals surface area contributed by atoms with E-state index in [0.717, 1.165) is 45.8 Å². The standard InChI is InChI=1S/C27H32FN5O2/c1-27(2)16-33(15-24(35)32(4)9-10-34)8-7-22(27)21-14-31(3)13-20-19-12-18(28)11-17-5-6-23(25(17)19)29-30-26(20)21/h5-7,11-13,30,34H,8-10,14-16H2,1-4H3. The number of hydrazone groups is 1. The molecule has 1 aliphatic carbocycles. The maximum Gasteiger partial charge on any atom is 0.236 e. The quantitative estimate of drug-likeness (QED) is 0.682. The van der Waals surface area contributed by atoms with Gasteiger partial charge in [-0.3, -0.25) is 15.1 Å². The van der Waals surface area contributed by atoms with Gasteiger partial charge in [0.1, 0.15) is 5.82 Å². The lowest BCUT2D eigenvalue weighted by Gasteiger charge is -2.42. The first kappa shape index (κ1) is 23.5. The van der Waals surface area contributed by atoms with Gasteiger partial charge in [-0.05, 0) is 34.9 Å². The minimum Gasteiger partial charge on any atom is -0.395 e. The number of fused-ring (bicyclic) bond motifs is 2. The van der Waals surface area contributed by atoms with Crippen LogP contribution in [0.4, 0.5) is 4.39 Å². The second kappa shape index (κ2) is 8.77. The number of hydrogen-bond donors (Lipinski definition) is 2. The SMILES string of the molecule is CN1C=C2C(=C(C3=CCN(CC(=O)N(C)CCO)CC3(C)C)C1)NN=C1C=Cc3cc(F)cc2c31. The number of aliphatic hydroxyl groups excluding tert-OH is 1. The van der Waals surface area contributed by atoms with Crippen molar-refractivity contribution < 1.29 is 14.3 Å². The van der Waals surface area contributed by atoms with Crippen LogP contribution in [0.5, 0.6) is 0 Å². The third kappa shape index (κ3) is 4.21. The topological polar surface area (TPSA) is 71.4 Å². The van der Waals surface area contributed by atoms with Crippen LogP contribution in [0.3, 0.4) is 0 Å². The summed E-state index contributed by atoms with van der Waals surface area (Å²) >= 11 is 0. The van der Waals surface area contributed by atoms with Crippen LogP contribution in [-0.4, -0.2) is 84.9 Å². The molecule has 0 unspecified atom stereocenters. The van der Waals surface area contributed by atoms with Crippen molar-refractivity contribution in [1.82, 2.24) is 20.1 Å². The summed E-state index contributed by atoms with van der Waals surface area (Å²) in [7, 11) is 3.75. The fourth-order valence-electron chi connectivity index (χ4n) is 5.54. The Kier molecular flexibility index (Phi) is 5.89. The molecule has 184 valence electrons. The van der Waals surface area contributed by atoms with Crippen molar-refractivity contribution in [2.24, 2.45) is 10.5 Å². The first-order valence-corrected chi connectivity index (χ1v) is 12.0. The average molecular weight is 478 g/mol. The predicted molar refractivity (Wildman–Crippen MR) is 136 cm³/mol. The Morgan fingerprint density at radius 1 is 1.31 bits per heavy atom. The van der Waals surface area contributed by atoms with Gasteiger partial charge in [0.05, 0.1) is 24.6 Å². The van der Waals surface area contributed by atoms with Crippen LogP contribution in [0.25, 0.3) is 11.6 Å². The van der Waals surface area contributed by atoms with Crippen molar-refractivity contribution in [1.29, 1.82) is 0 Å². The zero-order valence-electron chi connectivity index (χ0n) is 20.7. The van der Waals surface area contributed by atoms with Crippen LogP contribution >= 0.6 is 0 Å². The normalized spacial score (nSPS) is 20.4. The van der Waals surface area contributed by atoms with Crippen LogP contribution in [0.2, 0.25) is 0 Å². The van der Waals surface area contributed by atoms with E-state index in [-0.39, 0.29) is 23.7 Å². The molecule has 3 heterocycles. The summed E-state index contributed by atoms with van der Waals surface area (Å²) in [5.74, 6) is -0.258. The Labute approximate surface area is 205 Å². The fourth-order valence-corrected chi connectivity index (χ4v) is 5.54. The molecule has 0 saturated heterocycles. The van der Waals surface area contributed by atoms with Crippen LogP contribution < -0.4 is 5.43 Å². The maximum atomic E-state index is 14.6. The van der Waals surface area contributed by atoms with Gasteiger partial charge in [-0.2, -0.15) is 5.10 Å². The lowest BCUT2D eigenvalue weighted by molar-refractivity contribution is -0.131. The van der Waals surface area contributed by atoms with Gasteiger partial charge in [-0.1, -0.05) is 26.0 Å². The van der Waals surface area contributed by atoms with Gasteiger partial charge in [0.15, 0.2) is 0 Å². The Hall–Kier alpha value is -3.23. The van der Waals surface area contributed by atoms with E-state index in [0.29, 0.717) is 26.2 Å². The number of halogens is 1. The third-order valence-corrected chi connectivity index (χ3v) is 7.16. The number of benzene rings is 1. The molecule has 35 heavy (non-hydrogen) atoms. The van der Waals surface area contributed by atoms with E-state index in [2.05, 4.69) is 41.3 Å². The number of carbonyl (C=O) groups is 1. The summed E-state index contributed by atoms with van der Waals surface area (Å²) in [5.41, 5.74) is 10.8. The first-order chi connectivity index (χ1) is 16.7. The molecule has 1 amide bonds. The molecule has 0 bridgehead atoms. The molecular formula is C27H32FN5O2. The van der Waals surface area contributed by atoms with Crippen molar-refractivity contribution in [2.75, 3.05) is 53.4 Å². The van der Waals surface area contributed by atoms with Crippen LogP contribution in [0, 0.1) is 11.2 Å². The van der Waals surface area contributed by atoms with Crippen LogP contribution in [0.1, 0.15) is 30.5 Å². The molecule has 1 aromatic rings. The van der Waals surface area contributed by atoms with Gasteiger partial charge in [0.2, 0.25) is 5.91 Å². The summed E-state index contributed by atoms with van der Waals surface area (Å²) in [4.78, 5) is 18.4. The molecule has 1 aromatic carbocycles. The number of likely N-dealkylation sites (N-methyl/N-ethyl adjacent to an activating group) is 2. The number of aliphatic hydroxyl groups is 1. The van der Waals surface area contributed by atoms with Crippen molar-refractivity contribution >= 4 is 23.3 Å². The van der Waals surface area contributed by atoms with Crippen LogP contribution in [-0.2, 0) is 4.79 Å². The van der Waals surface area contributed by atoms with Crippen LogP contribution in [0.15, 0.2) is 52.4 Å². The van der Waals surface area contributed by atoms with Crippen molar-refractivity contribution in [3.8, 4) is 0 Å². The number of allylic oxidation sites excluding steroid dienone is 2. The summed E-state index contributed by atoms with van der Waals surface area (Å²) in [6.45, 7) is 7.09. The Balaban J connectivity index is 1.52. The van der Waals surface area contributed by atoms with E-state index in [1.165, 1.54) is 5.57 Å². The zero-order chi connectivity index (χ0) is 24.9. The molecule has 0 atom stereocenters. The molecule has 5 rings (SSSR count).